The number of methoxy groups -OCH3 is 1. The lowest BCUT2D eigenvalue weighted by molar-refractivity contribution is 0.0682. The maximum atomic E-state index is 11.9. The Morgan fingerprint density at radius 1 is 1.15 bits per heavy atom. The minimum atomic E-state index is -1.32. The maximum absolute atomic E-state index is 11.9. The third kappa shape index (κ3) is 2.89. The second-order valence-electron chi connectivity index (χ2n) is 3.61. The highest BCUT2D eigenvalue weighted by molar-refractivity contribution is 5.91. The molecule has 1 heterocycles. The van der Waals surface area contributed by atoms with Crippen LogP contribution < -0.4 is 9.47 Å². The van der Waals surface area contributed by atoms with Gasteiger partial charge in [-0.3, -0.25) is 0 Å². The van der Waals surface area contributed by atoms with Crippen molar-refractivity contribution in [3.05, 3.63) is 48.0 Å². The van der Waals surface area contributed by atoms with E-state index in [1.165, 1.54) is 19.4 Å². The van der Waals surface area contributed by atoms with Crippen LogP contribution in [0.1, 0.15) is 21.1 Å². The van der Waals surface area contributed by atoms with E-state index in [9.17, 15) is 9.59 Å². The molecule has 1 aromatic carbocycles. The SMILES string of the molecule is COc1ccccc1OC(=O)c1ccnc(C(=O)O)n1. The molecule has 0 spiro atoms. The number of rotatable bonds is 4. The van der Waals surface area contributed by atoms with E-state index >= 15 is 0 Å². The average Bonchev–Trinajstić information content (AvgIpc) is 2.48. The number of carbonyl (C=O) groups is 2. The quantitative estimate of drug-likeness (QED) is 0.664. The fourth-order valence-corrected chi connectivity index (χ4v) is 1.43. The van der Waals surface area contributed by atoms with Crippen molar-refractivity contribution >= 4 is 11.9 Å². The zero-order valence-electron chi connectivity index (χ0n) is 10.4. The molecule has 0 saturated heterocycles. The summed E-state index contributed by atoms with van der Waals surface area (Å²) in [5.41, 5.74) is -0.150. The van der Waals surface area contributed by atoms with Gasteiger partial charge in [0.05, 0.1) is 7.11 Å². The van der Waals surface area contributed by atoms with Gasteiger partial charge in [-0.2, -0.15) is 0 Å². The number of nitrogens with zero attached hydrogens (tertiary/aromatic N) is 2. The van der Waals surface area contributed by atoms with Gasteiger partial charge in [0.15, 0.2) is 17.2 Å². The number of hydrogen-bond donors (Lipinski definition) is 1. The molecule has 1 aromatic heterocycles. The standard InChI is InChI=1S/C13H10N2O5/c1-19-9-4-2-3-5-10(9)20-13(18)8-6-7-14-11(15-8)12(16)17/h2-7H,1H3,(H,16,17). The summed E-state index contributed by atoms with van der Waals surface area (Å²) < 4.78 is 10.1. The lowest BCUT2D eigenvalue weighted by atomic mass is 10.3. The molecule has 0 bridgehead atoms. The van der Waals surface area contributed by atoms with Gasteiger partial charge in [-0.15, -0.1) is 0 Å². The minimum Gasteiger partial charge on any atom is -0.493 e. The van der Waals surface area contributed by atoms with E-state index in [1.807, 2.05) is 0 Å². The van der Waals surface area contributed by atoms with Crippen molar-refractivity contribution in [1.82, 2.24) is 9.97 Å². The molecule has 0 aliphatic heterocycles. The number of carboxylic acids is 1. The Morgan fingerprint density at radius 3 is 2.50 bits per heavy atom. The lowest BCUT2D eigenvalue weighted by Crippen LogP contribution is -2.14. The first-order valence-electron chi connectivity index (χ1n) is 5.53. The molecule has 0 amide bonds. The predicted molar refractivity (Wildman–Crippen MR) is 66.9 cm³/mol. The Bertz CT molecular complexity index is 657. The molecule has 0 saturated carbocycles. The number of carbonyl (C=O) groups excluding carboxylic acids is 1. The zero-order chi connectivity index (χ0) is 14.5. The maximum Gasteiger partial charge on any atom is 0.373 e. The number of aromatic carboxylic acids is 1. The zero-order valence-corrected chi connectivity index (χ0v) is 10.4. The van der Waals surface area contributed by atoms with E-state index in [1.54, 1.807) is 24.3 Å². The number of carboxylic acid groups (broad SMARTS) is 1. The van der Waals surface area contributed by atoms with Gasteiger partial charge in [-0.1, -0.05) is 12.1 Å². The molecule has 1 N–H and O–H groups in total. The minimum absolute atomic E-state index is 0.150. The van der Waals surface area contributed by atoms with Gasteiger partial charge in [-0.05, 0) is 18.2 Å². The Hall–Kier alpha value is -2.96. The third-order valence-electron chi connectivity index (χ3n) is 2.33. The van der Waals surface area contributed by atoms with Crippen LogP contribution in [0.4, 0.5) is 0 Å². The van der Waals surface area contributed by atoms with Crippen molar-refractivity contribution < 1.29 is 24.2 Å². The molecular weight excluding hydrogens is 264 g/mol. The van der Waals surface area contributed by atoms with Crippen LogP contribution in [-0.4, -0.2) is 34.1 Å². The van der Waals surface area contributed by atoms with Crippen LogP contribution in [0.5, 0.6) is 11.5 Å². The molecule has 0 unspecified atom stereocenters. The Balaban J connectivity index is 2.24. The van der Waals surface area contributed by atoms with Crippen LogP contribution in [0, 0.1) is 0 Å². The second kappa shape index (κ2) is 5.79. The van der Waals surface area contributed by atoms with E-state index in [4.69, 9.17) is 14.6 Å². The summed E-state index contributed by atoms with van der Waals surface area (Å²) in [5.74, 6) is -1.99. The van der Waals surface area contributed by atoms with Crippen LogP contribution in [0.25, 0.3) is 0 Å². The number of esters is 1. The van der Waals surface area contributed by atoms with E-state index in [-0.39, 0.29) is 11.4 Å². The third-order valence-corrected chi connectivity index (χ3v) is 2.33. The highest BCUT2D eigenvalue weighted by Crippen LogP contribution is 2.26. The van der Waals surface area contributed by atoms with Crippen molar-refractivity contribution in [3.8, 4) is 11.5 Å². The molecule has 0 aliphatic carbocycles. The summed E-state index contributed by atoms with van der Waals surface area (Å²) in [6.45, 7) is 0. The first kappa shape index (κ1) is 13.5. The van der Waals surface area contributed by atoms with E-state index in [2.05, 4.69) is 9.97 Å². The highest BCUT2D eigenvalue weighted by Gasteiger charge is 2.16. The number of para-hydroxylation sites is 2. The lowest BCUT2D eigenvalue weighted by Gasteiger charge is -2.08. The van der Waals surface area contributed by atoms with Gasteiger partial charge < -0.3 is 14.6 Å². The van der Waals surface area contributed by atoms with Crippen molar-refractivity contribution in [2.24, 2.45) is 0 Å². The van der Waals surface area contributed by atoms with Gasteiger partial charge in [0.1, 0.15) is 0 Å². The van der Waals surface area contributed by atoms with Crippen LogP contribution >= 0.6 is 0 Å². The fourth-order valence-electron chi connectivity index (χ4n) is 1.43. The Kier molecular flexibility index (Phi) is 3.90. The van der Waals surface area contributed by atoms with Crippen molar-refractivity contribution in [2.45, 2.75) is 0 Å². The number of aromatic nitrogens is 2. The summed E-state index contributed by atoms with van der Waals surface area (Å²) in [6.07, 6.45) is 1.18. The van der Waals surface area contributed by atoms with Crippen molar-refractivity contribution in [1.29, 1.82) is 0 Å². The molecule has 0 fully saturated rings. The van der Waals surface area contributed by atoms with Crippen LogP contribution in [-0.2, 0) is 0 Å². The molecule has 7 nitrogen and oxygen atoms in total. The predicted octanol–water partition coefficient (Wildman–Crippen LogP) is 1.40. The van der Waals surface area contributed by atoms with Gasteiger partial charge in [0, 0.05) is 6.20 Å². The van der Waals surface area contributed by atoms with Gasteiger partial charge in [-0.25, -0.2) is 19.6 Å². The van der Waals surface area contributed by atoms with E-state index in [0.29, 0.717) is 5.75 Å². The largest absolute Gasteiger partial charge is 0.493 e. The molecular formula is C13H10N2O5. The van der Waals surface area contributed by atoms with Crippen molar-refractivity contribution in [2.75, 3.05) is 7.11 Å². The molecule has 102 valence electrons. The van der Waals surface area contributed by atoms with E-state index < -0.39 is 17.8 Å². The Labute approximate surface area is 113 Å². The summed E-state index contributed by atoms with van der Waals surface area (Å²) in [7, 11) is 1.44. The monoisotopic (exact) mass is 274 g/mol. The van der Waals surface area contributed by atoms with Gasteiger partial charge in [0.25, 0.3) is 0 Å². The summed E-state index contributed by atoms with van der Waals surface area (Å²) in [5, 5.41) is 8.77. The molecule has 2 aromatic rings. The molecule has 0 aliphatic rings. The number of hydrogen-bond acceptors (Lipinski definition) is 6. The highest BCUT2D eigenvalue weighted by atomic mass is 16.6. The molecule has 2 rings (SSSR count). The second-order valence-corrected chi connectivity index (χ2v) is 3.61. The summed E-state index contributed by atoms with van der Waals surface area (Å²) in [4.78, 5) is 29.8. The van der Waals surface area contributed by atoms with E-state index in [0.717, 1.165) is 0 Å². The van der Waals surface area contributed by atoms with Crippen molar-refractivity contribution in [3.63, 3.8) is 0 Å². The smallest absolute Gasteiger partial charge is 0.373 e. The average molecular weight is 274 g/mol. The molecule has 0 radical (unpaired) electrons. The fraction of sp³-hybridized carbons (Fsp3) is 0.0769. The summed E-state index contributed by atoms with van der Waals surface area (Å²) >= 11 is 0. The first-order chi connectivity index (χ1) is 9.61. The normalized spacial score (nSPS) is 9.85. The summed E-state index contributed by atoms with van der Waals surface area (Å²) in [6, 6.07) is 7.85. The first-order valence-corrected chi connectivity index (χ1v) is 5.53. The van der Waals surface area contributed by atoms with Gasteiger partial charge in [0.2, 0.25) is 5.82 Å². The van der Waals surface area contributed by atoms with Gasteiger partial charge >= 0.3 is 11.9 Å². The number of ether oxygens (including phenoxy) is 2. The molecule has 7 heteroatoms. The van der Waals surface area contributed by atoms with Crippen LogP contribution in [0.15, 0.2) is 36.5 Å². The topological polar surface area (TPSA) is 98.6 Å². The Morgan fingerprint density at radius 2 is 1.85 bits per heavy atom. The van der Waals surface area contributed by atoms with Crippen LogP contribution in [0.3, 0.4) is 0 Å². The number of benzene rings is 1. The molecule has 20 heavy (non-hydrogen) atoms. The van der Waals surface area contributed by atoms with Crippen LogP contribution in [0.2, 0.25) is 0 Å². The molecule has 0 atom stereocenters.